The van der Waals surface area contributed by atoms with E-state index < -0.39 is 35.1 Å². The molecule has 0 rings (SSSR count). The van der Waals surface area contributed by atoms with E-state index in [9.17, 15) is 28.8 Å². The highest BCUT2D eigenvalue weighted by Crippen LogP contribution is 2.11. The molecule has 5 amide bonds. The van der Waals surface area contributed by atoms with Gasteiger partial charge in [0.25, 0.3) is 0 Å². The van der Waals surface area contributed by atoms with Crippen LogP contribution >= 0.6 is 12.4 Å². The predicted octanol–water partition coefficient (Wildman–Crippen LogP) is 9.38. The van der Waals surface area contributed by atoms with Crippen molar-refractivity contribution in [3.63, 3.8) is 0 Å². The van der Waals surface area contributed by atoms with Crippen LogP contribution in [0.1, 0.15) is 137 Å². The molecule has 19 heteroatoms. The Labute approximate surface area is 413 Å². The number of likely N-dealkylation sites (N-methyl/N-ethyl adjacent to an activating group) is 3. The number of carbonyl (C=O) groups is 6. The maximum absolute atomic E-state index is 11.9. The zero-order valence-corrected chi connectivity index (χ0v) is 46.6. The summed E-state index contributed by atoms with van der Waals surface area (Å²) in [6, 6.07) is 0.949. The van der Waals surface area contributed by atoms with Crippen molar-refractivity contribution in [3.05, 3.63) is 25.3 Å². The van der Waals surface area contributed by atoms with Crippen LogP contribution in [0.5, 0.6) is 0 Å². The summed E-state index contributed by atoms with van der Waals surface area (Å²) < 4.78 is 25.5. The number of hydrogen-bond donors (Lipinski definition) is 2. The number of nitrogens with two attached hydrogens (primary N) is 1. The first-order chi connectivity index (χ1) is 30.0. The fraction of sp³-hybridized carbons (Fsp3) is 0.792. The summed E-state index contributed by atoms with van der Waals surface area (Å²) in [4.78, 5) is 75.4. The summed E-state index contributed by atoms with van der Waals surface area (Å²) in [5, 5.41) is 3.24. The van der Waals surface area contributed by atoms with Crippen LogP contribution < -0.4 is 11.1 Å². The molecule has 0 saturated carbocycles. The normalized spacial score (nSPS) is 10.6. The lowest BCUT2D eigenvalue weighted by atomic mass is 10.2. The highest BCUT2D eigenvalue weighted by atomic mass is 35.5. The lowest BCUT2D eigenvalue weighted by Gasteiger charge is -2.29. The summed E-state index contributed by atoms with van der Waals surface area (Å²) in [6.45, 7) is 44.8. The molecule has 67 heavy (non-hydrogen) atoms. The van der Waals surface area contributed by atoms with Crippen molar-refractivity contribution in [1.29, 1.82) is 0 Å². The minimum absolute atomic E-state index is 0. The topological polar surface area (TPSA) is 203 Å². The monoisotopic (exact) mass is 984 g/mol. The van der Waals surface area contributed by atoms with Crippen molar-refractivity contribution in [2.75, 3.05) is 73.6 Å². The van der Waals surface area contributed by atoms with Crippen molar-refractivity contribution in [3.8, 4) is 0 Å². The van der Waals surface area contributed by atoms with Crippen molar-refractivity contribution >= 4 is 49.2 Å². The van der Waals surface area contributed by atoms with Crippen LogP contribution in [-0.2, 0) is 28.5 Å². The van der Waals surface area contributed by atoms with Crippen molar-refractivity contribution in [1.82, 2.24) is 29.8 Å². The third-order valence-corrected chi connectivity index (χ3v) is 7.26. The van der Waals surface area contributed by atoms with Gasteiger partial charge in [-0.3, -0.25) is 0 Å². The molecule has 3 N–H and O–H groups in total. The Morgan fingerprint density at radius 2 is 0.910 bits per heavy atom. The van der Waals surface area contributed by atoms with Crippen molar-refractivity contribution in [2.24, 2.45) is 5.73 Å². The highest BCUT2D eigenvalue weighted by molar-refractivity contribution is 5.85. The smallest absolute Gasteiger partial charge is 0.410 e. The highest BCUT2D eigenvalue weighted by Gasteiger charge is 2.24. The number of nitrogens with one attached hydrogen (secondary N) is 1. The Morgan fingerprint density at radius 1 is 0.582 bits per heavy atom. The van der Waals surface area contributed by atoms with Crippen LogP contribution in [0.2, 0.25) is 0 Å². The number of ether oxygens (including phenoxy) is 5. The summed E-state index contributed by atoms with van der Waals surface area (Å²) in [5.74, 6) is 0. The molecule has 0 atom stereocenters. The lowest BCUT2D eigenvalue weighted by Crippen LogP contribution is -2.44. The van der Waals surface area contributed by atoms with E-state index in [0.29, 0.717) is 38.0 Å². The van der Waals surface area contributed by atoms with Gasteiger partial charge in [0.2, 0.25) is 0 Å². The quantitative estimate of drug-likeness (QED) is 0.0748. The molecule has 0 aromatic heterocycles. The molecule has 0 aliphatic rings. The Kier molecular flexibility index (Phi) is 45.2. The Bertz CT molecular complexity index is 1340. The maximum atomic E-state index is 11.9. The van der Waals surface area contributed by atoms with E-state index in [0.717, 1.165) is 25.9 Å². The Hall–Kier alpha value is -4.29. The summed E-state index contributed by atoms with van der Waals surface area (Å²) >= 11 is 0. The number of nitrogens with zero attached hydrogens (tertiary/aromatic N) is 5. The Balaban J connectivity index is -0.000000183. The van der Waals surface area contributed by atoms with Crippen molar-refractivity contribution in [2.45, 2.75) is 178 Å². The second kappa shape index (κ2) is 40.7. The molecule has 0 aliphatic carbocycles. The van der Waals surface area contributed by atoms with E-state index in [-0.39, 0.29) is 56.4 Å². The molecule has 0 bridgehead atoms. The summed E-state index contributed by atoms with van der Waals surface area (Å²) in [6.07, 6.45) is 4.03. The number of rotatable bonds is 18. The van der Waals surface area contributed by atoms with Gasteiger partial charge in [0, 0.05) is 72.0 Å². The largest absolute Gasteiger partial charge is 0.445 e. The van der Waals surface area contributed by atoms with Gasteiger partial charge in [-0.15, -0.1) is 12.4 Å². The van der Waals surface area contributed by atoms with Crippen LogP contribution in [0.15, 0.2) is 25.3 Å². The molecule has 0 heterocycles. The molecule has 0 fully saturated rings. The lowest BCUT2D eigenvalue weighted by molar-refractivity contribution is -0.108. The molecule has 0 aromatic rings. The van der Waals surface area contributed by atoms with Crippen LogP contribution in [0, 0.1) is 0 Å². The van der Waals surface area contributed by atoms with Gasteiger partial charge in [0.15, 0.2) is 0 Å². The number of unbranched alkanes of at least 4 members (excludes halogenated alkanes) is 1. The number of aldehydes is 1. The second-order valence-electron chi connectivity index (χ2n) is 19.3. The predicted molar refractivity (Wildman–Crippen MR) is 274 cm³/mol. The van der Waals surface area contributed by atoms with E-state index >= 15 is 0 Å². The van der Waals surface area contributed by atoms with E-state index in [1.807, 2.05) is 83.1 Å². The van der Waals surface area contributed by atoms with Crippen LogP contribution in [0.3, 0.4) is 0 Å². The minimum Gasteiger partial charge on any atom is -0.445 e. The zero-order valence-electron chi connectivity index (χ0n) is 45.7. The van der Waals surface area contributed by atoms with Crippen molar-refractivity contribution < 1.29 is 52.5 Å². The van der Waals surface area contributed by atoms with Crippen LogP contribution in [0.25, 0.3) is 0 Å². The van der Waals surface area contributed by atoms with Crippen LogP contribution in [0.4, 0.5) is 24.0 Å². The van der Waals surface area contributed by atoms with E-state index in [2.05, 4.69) is 39.2 Å². The van der Waals surface area contributed by atoms with Gasteiger partial charge < -0.3 is 64.0 Å². The minimum atomic E-state index is -0.536. The zero-order chi connectivity index (χ0) is 53.0. The molecule has 0 aromatic carbocycles. The standard InChI is InChI=1S/C15H28N2O4.C11H24N2O2.C11H21NO2.C8H15NO3.C3H9N.ClH/c1-8-11-20-14(19)17(12(2)3)10-9-16(7)13(18)21-15(4,5)6;1-9(2)12-7-8-13(6)10(14)15-11(3,4)5;1-5-7-8-12(10(3)4)11(13)14-9-6-2;1-8(2,3)12-7(11)9(4)5-6-10;1-3(2)4;/h8,12H,1,9-11H2,2-7H3;9,12H,7-8H2,1-6H3;6,10H,2,5,7-9H2,1,3-4H3;6H,5H2,1-4H3;3H,4H2,1-2H3;1H. The number of hydrogen-bond acceptors (Lipinski definition) is 13. The Morgan fingerprint density at radius 3 is 1.19 bits per heavy atom. The van der Waals surface area contributed by atoms with Gasteiger partial charge >= 0.3 is 30.5 Å². The fourth-order valence-electron chi connectivity index (χ4n) is 4.04. The summed E-state index contributed by atoms with van der Waals surface area (Å²) in [5.41, 5.74) is 3.65. The van der Waals surface area contributed by atoms with E-state index in [1.165, 1.54) is 22.9 Å². The molecular formula is C48H98ClN7O11. The number of amides is 5. The maximum Gasteiger partial charge on any atom is 0.410 e. The molecular weight excluding hydrogens is 886 g/mol. The summed E-state index contributed by atoms with van der Waals surface area (Å²) in [7, 11) is 4.90. The van der Waals surface area contributed by atoms with Gasteiger partial charge in [-0.05, 0) is 102 Å². The average molecular weight is 985 g/mol. The van der Waals surface area contributed by atoms with Crippen LogP contribution in [-0.4, -0.2) is 176 Å². The van der Waals surface area contributed by atoms with Gasteiger partial charge in [-0.25, -0.2) is 24.0 Å². The van der Waals surface area contributed by atoms with Gasteiger partial charge in [-0.1, -0.05) is 66.3 Å². The van der Waals surface area contributed by atoms with Gasteiger partial charge in [0.05, 0.1) is 6.54 Å². The fourth-order valence-corrected chi connectivity index (χ4v) is 4.04. The first-order valence-electron chi connectivity index (χ1n) is 22.9. The molecule has 0 spiro atoms. The van der Waals surface area contributed by atoms with Gasteiger partial charge in [0.1, 0.15) is 36.3 Å². The van der Waals surface area contributed by atoms with Gasteiger partial charge in [-0.2, -0.15) is 0 Å². The molecule has 0 radical (unpaired) electrons. The first kappa shape index (κ1) is 74.3. The SMILES string of the molecule is C=CCOC(=O)N(CCCC)C(C)C.C=CCOC(=O)N(CCN(C)C(=O)OC(C)(C)C)C(C)C.CC(C)N.CC(C)NCCN(C)C(=O)OC(C)(C)C.CN(CC=O)C(=O)OC(C)(C)C.Cl. The third kappa shape index (κ3) is 52.5. The molecule has 0 saturated heterocycles. The second-order valence-corrected chi connectivity index (χ2v) is 19.3. The van der Waals surface area contributed by atoms with E-state index in [4.69, 9.17) is 29.4 Å². The molecule has 0 aliphatic heterocycles. The molecule has 398 valence electrons. The third-order valence-electron chi connectivity index (χ3n) is 7.26. The molecule has 18 nitrogen and oxygen atoms in total. The first-order valence-corrected chi connectivity index (χ1v) is 22.9. The molecule has 0 unspecified atom stereocenters. The van der Waals surface area contributed by atoms with E-state index in [1.54, 1.807) is 55.6 Å². The average Bonchev–Trinajstić information content (AvgIpc) is 3.14. The number of halogens is 1. The number of carbonyl (C=O) groups excluding carboxylic acids is 6.